The lowest BCUT2D eigenvalue weighted by Gasteiger charge is -2.05. The molecular weight excluding hydrogens is 242 g/mol. The number of carbonyl (C=O) groups is 1. The molecule has 0 radical (unpaired) electrons. The van der Waals surface area contributed by atoms with Crippen molar-refractivity contribution in [1.82, 2.24) is 15.0 Å². The van der Waals surface area contributed by atoms with E-state index in [0.29, 0.717) is 5.69 Å². The van der Waals surface area contributed by atoms with Gasteiger partial charge in [-0.15, -0.1) is 5.10 Å². The van der Waals surface area contributed by atoms with Gasteiger partial charge in [0, 0.05) is 5.56 Å². The molecule has 0 unspecified atom stereocenters. The van der Waals surface area contributed by atoms with Crippen LogP contribution in [-0.2, 0) is 0 Å². The molecule has 0 saturated carbocycles. The van der Waals surface area contributed by atoms with Crippen molar-refractivity contribution >= 4 is 5.97 Å². The standard InChI is InChI=1S/C14H17N3O2/c1-8(2)17-15-12(13(16-17)14(18)19)11-7-9(3)5-6-10(11)4/h5-8H,1-4H3,(H,18,19). The SMILES string of the molecule is Cc1ccc(C)c(-c2nn(C(C)C)nc2C(=O)O)c1. The van der Waals surface area contributed by atoms with E-state index in [-0.39, 0.29) is 11.7 Å². The molecule has 19 heavy (non-hydrogen) atoms. The lowest BCUT2D eigenvalue weighted by molar-refractivity contribution is 0.0690. The van der Waals surface area contributed by atoms with Gasteiger partial charge in [-0.25, -0.2) is 4.79 Å². The van der Waals surface area contributed by atoms with Gasteiger partial charge >= 0.3 is 5.97 Å². The first-order chi connectivity index (χ1) is 8.90. The van der Waals surface area contributed by atoms with Crippen LogP contribution >= 0.6 is 0 Å². The van der Waals surface area contributed by atoms with Crippen LogP contribution in [0.15, 0.2) is 18.2 Å². The lowest BCUT2D eigenvalue weighted by Crippen LogP contribution is -2.06. The van der Waals surface area contributed by atoms with Crippen LogP contribution in [0.5, 0.6) is 0 Å². The van der Waals surface area contributed by atoms with Gasteiger partial charge in [-0.2, -0.15) is 9.90 Å². The van der Waals surface area contributed by atoms with E-state index >= 15 is 0 Å². The number of carboxylic acid groups (broad SMARTS) is 1. The molecule has 0 bridgehead atoms. The second-order valence-electron chi connectivity index (χ2n) is 4.93. The van der Waals surface area contributed by atoms with Gasteiger partial charge < -0.3 is 5.11 Å². The minimum absolute atomic E-state index is 0.00222. The summed E-state index contributed by atoms with van der Waals surface area (Å²) in [5, 5.41) is 17.7. The Balaban J connectivity index is 2.66. The van der Waals surface area contributed by atoms with Crippen LogP contribution in [0.4, 0.5) is 0 Å². The summed E-state index contributed by atoms with van der Waals surface area (Å²) in [5.41, 5.74) is 3.31. The van der Waals surface area contributed by atoms with Crippen molar-refractivity contribution in [3.63, 3.8) is 0 Å². The molecule has 0 fully saturated rings. The number of aryl methyl sites for hydroxylation is 2. The minimum Gasteiger partial charge on any atom is -0.476 e. The van der Waals surface area contributed by atoms with Crippen LogP contribution in [0.2, 0.25) is 0 Å². The van der Waals surface area contributed by atoms with Gasteiger partial charge in [0.15, 0.2) is 5.69 Å². The van der Waals surface area contributed by atoms with Crippen molar-refractivity contribution in [2.75, 3.05) is 0 Å². The number of hydrogen-bond acceptors (Lipinski definition) is 3. The molecule has 1 aromatic heterocycles. The third kappa shape index (κ3) is 2.50. The van der Waals surface area contributed by atoms with Crippen LogP contribution in [0.3, 0.4) is 0 Å². The fraction of sp³-hybridized carbons (Fsp3) is 0.357. The normalized spacial score (nSPS) is 11.0. The highest BCUT2D eigenvalue weighted by Crippen LogP contribution is 2.26. The summed E-state index contributed by atoms with van der Waals surface area (Å²) >= 11 is 0. The van der Waals surface area contributed by atoms with Gasteiger partial charge in [0.25, 0.3) is 0 Å². The highest BCUT2D eigenvalue weighted by atomic mass is 16.4. The second kappa shape index (κ2) is 4.84. The van der Waals surface area contributed by atoms with Gasteiger partial charge in [0.2, 0.25) is 0 Å². The first kappa shape index (κ1) is 13.3. The molecule has 2 rings (SSSR count). The molecule has 0 aliphatic carbocycles. The molecule has 5 nitrogen and oxygen atoms in total. The Morgan fingerprint density at radius 3 is 2.53 bits per heavy atom. The molecule has 0 atom stereocenters. The Morgan fingerprint density at radius 1 is 1.26 bits per heavy atom. The van der Waals surface area contributed by atoms with Gasteiger partial charge in [0.05, 0.1) is 6.04 Å². The Kier molecular flexibility index (Phi) is 3.38. The number of benzene rings is 1. The van der Waals surface area contributed by atoms with Crippen LogP contribution in [0, 0.1) is 13.8 Å². The van der Waals surface area contributed by atoms with Crippen LogP contribution in [-0.4, -0.2) is 26.1 Å². The highest BCUT2D eigenvalue weighted by molar-refractivity contribution is 5.93. The Labute approximate surface area is 111 Å². The van der Waals surface area contributed by atoms with Crippen LogP contribution < -0.4 is 0 Å². The van der Waals surface area contributed by atoms with Gasteiger partial charge in [-0.3, -0.25) is 0 Å². The first-order valence-corrected chi connectivity index (χ1v) is 6.18. The van der Waals surface area contributed by atoms with E-state index in [0.717, 1.165) is 16.7 Å². The number of carboxylic acids is 1. The number of rotatable bonds is 3. The third-order valence-corrected chi connectivity index (χ3v) is 2.94. The van der Waals surface area contributed by atoms with E-state index in [2.05, 4.69) is 10.2 Å². The number of aromatic nitrogens is 3. The van der Waals surface area contributed by atoms with Gasteiger partial charge in [-0.1, -0.05) is 17.7 Å². The summed E-state index contributed by atoms with van der Waals surface area (Å²) < 4.78 is 0. The topological polar surface area (TPSA) is 68.0 Å². The van der Waals surface area contributed by atoms with E-state index in [1.807, 2.05) is 45.9 Å². The molecule has 2 aromatic rings. The number of nitrogens with zero attached hydrogens (tertiary/aromatic N) is 3. The predicted molar refractivity (Wildman–Crippen MR) is 72.3 cm³/mol. The van der Waals surface area contributed by atoms with Crippen molar-refractivity contribution in [2.24, 2.45) is 0 Å². The van der Waals surface area contributed by atoms with E-state index in [4.69, 9.17) is 0 Å². The largest absolute Gasteiger partial charge is 0.476 e. The zero-order valence-electron chi connectivity index (χ0n) is 11.5. The summed E-state index contributed by atoms with van der Waals surface area (Å²) in [6.45, 7) is 7.74. The van der Waals surface area contributed by atoms with Crippen molar-refractivity contribution in [2.45, 2.75) is 33.7 Å². The van der Waals surface area contributed by atoms with Crippen molar-refractivity contribution < 1.29 is 9.90 Å². The summed E-state index contributed by atoms with van der Waals surface area (Å²) in [6, 6.07) is 5.92. The Morgan fingerprint density at radius 2 is 1.95 bits per heavy atom. The zero-order chi connectivity index (χ0) is 14.2. The molecular formula is C14H17N3O2. The van der Waals surface area contributed by atoms with Gasteiger partial charge in [0.1, 0.15) is 5.69 Å². The summed E-state index contributed by atoms with van der Waals surface area (Å²) in [5.74, 6) is -1.05. The first-order valence-electron chi connectivity index (χ1n) is 6.18. The highest BCUT2D eigenvalue weighted by Gasteiger charge is 2.21. The molecule has 100 valence electrons. The molecule has 0 amide bonds. The maximum atomic E-state index is 11.3. The molecule has 0 aliphatic heterocycles. The maximum Gasteiger partial charge on any atom is 0.358 e. The lowest BCUT2D eigenvalue weighted by atomic mass is 10.0. The second-order valence-corrected chi connectivity index (χ2v) is 4.93. The monoisotopic (exact) mass is 259 g/mol. The quantitative estimate of drug-likeness (QED) is 0.920. The van der Waals surface area contributed by atoms with Crippen molar-refractivity contribution in [3.05, 3.63) is 35.0 Å². The number of aromatic carboxylic acids is 1. The average molecular weight is 259 g/mol. The fourth-order valence-corrected chi connectivity index (χ4v) is 1.87. The van der Waals surface area contributed by atoms with Gasteiger partial charge in [-0.05, 0) is 39.3 Å². The summed E-state index contributed by atoms with van der Waals surface area (Å²) in [7, 11) is 0. The van der Waals surface area contributed by atoms with Crippen molar-refractivity contribution in [1.29, 1.82) is 0 Å². The molecule has 1 heterocycles. The van der Waals surface area contributed by atoms with E-state index in [9.17, 15) is 9.90 Å². The smallest absolute Gasteiger partial charge is 0.358 e. The maximum absolute atomic E-state index is 11.3. The zero-order valence-corrected chi connectivity index (χ0v) is 11.5. The number of hydrogen-bond donors (Lipinski definition) is 1. The summed E-state index contributed by atoms with van der Waals surface area (Å²) in [4.78, 5) is 12.8. The van der Waals surface area contributed by atoms with E-state index < -0.39 is 5.97 Å². The van der Waals surface area contributed by atoms with Crippen LogP contribution in [0.1, 0.15) is 41.5 Å². The molecule has 1 N–H and O–H groups in total. The van der Waals surface area contributed by atoms with E-state index in [1.165, 1.54) is 4.80 Å². The van der Waals surface area contributed by atoms with Crippen LogP contribution in [0.25, 0.3) is 11.3 Å². The predicted octanol–water partition coefficient (Wildman–Crippen LogP) is 2.84. The average Bonchev–Trinajstić information content (AvgIpc) is 2.77. The molecule has 0 aliphatic rings. The van der Waals surface area contributed by atoms with Crippen molar-refractivity contribution in [3.8, 4) is 11.3 Å². The van der Waals surface area contributed by atoms with E-state index in [1.54, 1.807) is 0 Å². The molecule has 5 heteroatoms. The molecule has 0 saturated heterocycles. The Bertz CT molecular complexity index is 630. The minimum atomic E-state index is -1.05. The third-order valence-electron chi connectivity index (χ3n) is 2.94. The molecule has 1 aromatic carbocycles. The summed E-state index contributed by atoms with van der Waals surface area (Å²) in [6.07, 6.45) is 0. The Hall–Kier alpha value is -2.17. The molecule has 0 spiro atoms. The fourth-order valence-electron chi connectivity index (χ4n) is 1.87.